The maximum Gasteiger partial charge on any atom is 0.293 e. The summed E-state index contributed by atoms with van der Waals surface area (Å²) in [5.74, 6) is 0. The average Bonchev–Trinajstić information content (AvgIpc) is 2.82. The van der Waals surface area contributed by atoms with Crippen molar-refractivity contribution in [3.8, 4) is 0 Å². The van der Waals surface area contributed by atoms with E-state index in [-0.39, 0.29) is 16.7 Å². The van der Waals surface area contributed by atoms with Crippen LogP contribution in [-0.4, -0.2) is 11.0 Å². The van der Waals surface area contributed by atoms with Crippen LogP contribution in [0, 0.1) is 10.1 Å². The van der Waals surface area contributed by atoms with Gasteiger partial charge in [-0.25, -0.2) is 0 Å². The van der Waals surface area contributed by atoms with Gasteiger partial charge < -0.3 is 5.32 Å². The molecule has 0 bridgehead atoms. The van der Waals surface area contributed by atoms with E-state index in [2.05, 4.69) is 21.2 Å². The number of nitro groups is 1. The molecule has 21 heavy (non-hydrogen) atoms. The molecule has 0 aromatic heterocycles. The Morgan fingerprint density at radius 1 is 1.19 bits per heavy atom. The van der Waals surface area contributed by atoms with Crippen LogP contribution in [0.3, 0.4) is 0 Å². The van der Waals surface area contributed by atoms with E-state index >= 15 is 0 Å². The summed E-state index contributed by atoms with van der Waals surface area (Å²) in [4.78, 5) is 10.8. The van der Waals surface area contributed by atoms with Gasteiger partial charge >= 0.3 is 0 Å². The molecule has 1 aliphatic carbocycles. The summed E-state index contributed by atoms with van der Waals surface area (Å²) in [7, 11) is 0. The standard InChI is InChI=1S/C15H12BrClN2O2/c16-11-2-4-14(15(8-11)19(20)21)18-13-6-9-1-3-12(17)5-10(9)7-13/h1-5,8,13,18H,6-7H2. The fraction of sp³-hybridized carbons (Fsp3) is 0.200. The highest BCUT2D eigenvalue weighted by atomic mass is 79.9. The largest absolute Gasteiger partial charge is 0.376 e. The van der Waals surface area contributed by atoms with Gasteiger partial charge in [0, 0.05) is 21.6 Å². The Hall–Kier alpha value is -1.59. The van der Waals surface area contributed by atoms with E-state index in [1.54, 1.807) is 12.1 Å². The van der Waals surface area contributed by atoms with Crippen molar-refractivity contribution in [1.29, 1.82) is 0 Å². The Morgan fingerprint density at radius 2 is 1.95 bits per heavy atom. The second kappa shape index (κ2) is 5.66. The fourth-order valence-electron chi connectivity index (χ4n) is 2.69. The van der Waals surface area contributed by atoms with E-state index in [4.69, 9.17) is 11.6 Å². The number of nitrogens with one attached hydrogen (secondary N) is 1. The molecule has 0 fully saturated rings. The minimum Gasteiger partial charge on any atom is -0.376 e. The van der Waals surface area contributed by atoms with Crippen LogP contribution in [0.5, 0.6) is 0 Å². The van der Waals surface area contributed by atoms with E-state index in [1.165, 1.54) is 17.2 Å². The van der Waals surface area contributed by atoms with Crippen LogP contribution in [0.4, 0.5) is 11.4 Å². The number of fused-ring (bicyclic) bond motifs is 1. The first-order valence-corrected chi connectivity index (χ1v) is 7.68. The van der Waals surface area contributed by atoms with Crippen molar-refractivity contribution in [2.75, 3.05) is 5.32 Å². The number of rotatable bonds is 3. The van der Waals surface area contributed by atoms with E-state index < -0.39 is 0 Å². The van der Waals surface area contributed by atoms with Crippen molar-refractivity contribution in [3.05, 3.63) is 67.1 Å². The number of nitro benzene ring substituents is 1. The average molecular weight is 368 g/mol. The first-order chi connectivity index (χ1) is 10.0. The monoisotopic (exact) mass is 366 g/mol. The normalized spacial score (nSPS) is 16.6. The molecule has 1 aliphatic rings. The molecule has 0 saturated heterocycles. The van der Waals surface area contributed by atoms with Crippen molar-refractivity contribution < 1.29 is 4.92 Å². The van der Waals surface area contributed by atoms with Crippen LogP contribution in [0.2, 0.25) is 5.02 Å². The summed E-state index contributed by atoms with van der Waals surface area (Å²) in [5, 5.41) is 15.1. The maximum absolute atomic E-state index is 11.1. The summed E-state index contributed by atoms with van der Waals surface area (Å²) in [6.45, 7) is 0. The van der Waals surface area contributed by atoms with E-state index in [0.29, 0.717) is 10.2 Å². The first kappa shape index (κ1) is 14.4. The van der Waals surface area contributed by atoms with Gasteiger partial charge in [0.1, 0.15) is 5.69 Å². The first-order valence-electron chi connectivity index (χ1n) is 6.51. The quantitative estimate of drug-likeness (QED) is 0.637. The smallest absolute Gasteiger partial charge is 0.293 e. The van der Waals surface area contributed by atoms with E-state index in [1.807, 2.05) is 18.2 Å². The van der Waals surface area contributed by atoms with E-state index in [9.17, 15) is 10.1 Å². The van der Waals surface area contributed by atoms with Gasteiger partial charge in [-0.1, -0.05) is 33.6 Å². The molecule has 108 valence electrons. The molecule has 0 spiro atoms. The van der Waals surface area contributed by atoms with Crippen molar-refractivity contribution in [1.82, 2.24) is 0 Å². The molecule has 2 aromatic carbocycles. The molecule has 1 N–H and O–H groups in total. The maximum atomic E-state index is 11.1. The zero-order chi connectivity index (χ0) is 15.0. The zero-order valence-electron chi connectivity index (χ0n) is 11.0. The second-order valence-electron chi connectivity index (χ2n) is 5.08. The highest BCUT2D eigenvalue weighted by Crippen LogP contribution is 2.32. The van der Waals surface area contributed by atoms with Gasteiger partial charge in [-0.2, -0.15) is 0 Å². The van der Waals surface area contributed by atoms with Gasteiger partial charge in [-0.05, 0) is 48.2 Å². The lowest BCUT2D eigenvalue weighted by molar-refractivity contribution is -0.384. The van der Waals surface area contributed by atoms with Crippen LogP contribution in [0.15, 0.2) is 40.9 Å². The molecule has 6 heteroatoms. The van der Waals surface area contributed by atoms with Crippen LogP contribution in [-0.2, 0) is 12.8 Å². The van der Waals surface area contributed by atoms with Crippen molar-refractivity contribution in [3.63, 3.8) is 0 Å². The molecular weight excluding hydrogens is 356 g/mol. The molecule has 0 aliphatic heterocycles. The van der Waals surface area contributed by atoms with Crippen LogP contribution in [0.1, 0.15) is 11.1 Å². The lowest BCUT2D eigenvalue weighted by Crippen LogP contribution is -2.20. The fourth-order valence-corrected chi connectivity index (χ4v) is 3.23. The summed E-state index contributed by atoms with van der Waals surface area (Å²) < 4.78 is 0.696. The molecule has 0 saturated carbocycles. The van der Waals surface area contributed by atoms with Gasteiger partial charge in [-0.3, -0.25) is 10.1 Å². The van der Waals surface area contributed by atoms with Gasteiger partial charge in [0.15, 0.2) is 0 Å². The molecule has 1 unspecified atom stereocenters. The van der Waals surface area contributed by atoms with Gasteiger partial charge in [0.05, 0.1) is 4.92 Å². The third-order valence-corrected chi connectivity index (χ3v) is 4.35. The molecule has 2 aromatic rings. The number of nitrogens with zero attached hydrogens (tertiary/aromatic N) is 1. The third kappa shape index (κ3) is 3.04. The zero-order valence-corrected chi connectivity index (χ0v) is 13.3. The number of halogens is 2. The Labute approximate surface area is 135 Å². The minimum absolute atomic E-state index is 0.0818. The van der Waals surface area contributed by atoms with Crippen LogP contribution >= 0.6 is 27.5 Å². The van der Waals surface area contributed by atoms with Gasteiger partial charge in [0.2, 0.25) is 0 Å². The summed E-state index contributed by atoms with van der Waals surface area (Å²) in [6.07, 6.45) is 1.67. The Bertz CT molecular complexity index is 721. The summed E-state index contributed by atoms with van der Waals surface area (Å²) in [6, 6.07) is 11.1. The number of benzene rings is 2. The SMILES string of the molecule is O=[N+]([O-])c1cc(Br)ccc1NC1Cc2ccc(Cl)cc2C1. The predicted molar refractivity (Wildman–Crippen MR) is 87.1 cm³/mol. The molecular formula is C15H12BrClN2O2. The highest BCUT2D eigenvalue weighted by Gasteiger charge is 2.24. The number of hydrogen-bond acceptors (Lipinski definition) is 3. The van der Waals surface area contributed by atoms with Gasteiger partial charge in [-0.15, -0.1) is 0 Å². The number of anilines is 1. The number of hydrogen-bond donors (Lipinski definition) is 1. The van der Waals surface area contributed by atoms with Crippen molar-refractivity contribution in [2.45, 2.75) is 18.9 Å². The van der Waals surface area contributed by atoms with Crippen molar-refractivity contribution >= 4 is 38.9 Å². The highest BCUT2D eigenvalue weighted by molar-refractivity contribution is 9.10. The molecule has 0 radical (unpaired) electrons. The van der Waals surface area contributed by atoms with Crippen LogP contribution in [0.25, 0.3) is 0 Å². The minimum atomic E-state index is -0.369. The Kier molecular flexibility index (Phi) is 3.87. The molecule has 4 nitrogen and oxygen atoms in total. The molecule has 0 heterocycles. The lowest BCUT2D eigenvalue weighted by atomic mass is 10.1. The lowest BCUT2D eigenvalue weighted by Gasteiger charge is -2.13. The topological polar surface area (TPSA) is 55.2 Å². The van der Waals surface area contributed by atoms with E-state index in [0.717, 1.165) is 17.9 Å². The second-order valence-corrected chi connectivity index (χ2v) is 6.43. The Morgan fingerprint density at radius 3 is 2.71 bits per heavy atom. The molecule has 0 amide bonds. The molecule has 3 rings (SSSR count). The van der Waals surface area contributed by atoms with Gasteiger partial charge in [0.25, 0.3) is 5.69 Å². The Balaban J connectivity index is 1.82. The predicted octanol–water partition coefficient (Wildman–Crippen LogP) is 4.59. The third-order valence-electron chi connectivity index (χ3n) is 3.62. The summed E-state index contributed by atoms with van der Waals surface area (Å²) in [5.41, 5.74) is 3.09. The van der Waals surface area contributed by atoms with Crippen molar-refractivity contribution in [2.24, 2.45) is 0 Å². The molecule has 1 atom stereocenters. The summed E-state index contributed by atoms with van der Waals surface area (Å²) >= 11 is 9.26. The van der Waals surface area contributed by atoms with Crippen LogP contribution < -0.4 is 5.32 Å².